The zero-order chi connectivity index (χ0) is 17.4. The van der Waals surface area contributed by atoms with Gasteiger partial charge in [-0.3, -0.25) is 4.79 Å². The van der Waals surface area contributed by atoms with Crippen molar-refractivity contribution in [3.05, 3.63) is 18.2 Å². The molecule has 1 amide bonds. The molecule has 8 nitrogen and oxygen atoms in total. The highest BCUT2D eigenvalue weighted by Gasteiger charge is 2.35. The number of nitrogens with one attached hydrogen (secondary N) is 1. The van der Waals surface area contributed by atoms with Gasteiger partial charge in [-0.15, -0.1) is 12.4 Å². The molecule has 0 saturated carbocycles. The van der Waals surface area contributed by atoms with Crippen LogP contribution >= 0.6 is 12.4 Å². The summed E-state index contributed by atoms with van der Waals surface area (Å²) in [5, 5.41) is 3.20. The fourth-order valence-electron chi connectivity index (χ4n) is 3.40. The van der Waals surface area contributed by atoms with E-state index in [1.54, 1.807) is 23.1 Å². The molecule has 0 spiro atoms. The number of benzene rings is 1. The van der Waals surface area contributed by atoms with Crippen molar-refractivity contribution in [2.75, 3.05) is 39.3 Å². The van der Waals surface area contributed by atoms with Gasteiger partial charge in [0.1, 0.15) is 16.3 Å². The van der Waals surface area contributed by atoms with Crippen LogP contribution in [0.1, 0.15) is 6.42 Å². The quantitative estimate of drug-likeness (QED) is 0.813. The Morgan fingerprint density at radius 2 is 1.96 bits per heavy atom. The van der Waals surface area contributed by atoms with Crippen LogP contribution in [0.2, 0.25) is 0 Å². The van der Waals surface area contributed by atoms with Gasteiger partial charge in [-0.2, -0.15) is 13.0 Å². The molecule has 26 heavy (non-hydrogen) atoms. The molecule has 1 unspecified atom stereocenters. The average Bonchev–Trinajstić information content (AvgIpc) is 3.32. The zero-order valence-corrected chi connectivity index (χ0v) is 16.4. The number of nitrogens with zero attached hydrogens (tertiary/aromatic N) is 4. The summed E-state index contributed by atoms with van der Waals surface area (Å²) in [5.74, 6) is 0.158. The molecule has 1 atom stereocenters. The van der Waals surface area contributed by atoms with E-state index < -0.39 is 10.0 Å². The highest BCUT2D eigenvalue weighted by molar-refractivity contribution is 7.89. The van der Waals surface area contributed by atoms with Crippen molar-refractivity contribution in [2.24, 2.45) is 14.6 Å². The Hall–Kier alpha value is -1.33. The number of carbonyl (C=O) groups is 1. The Balaban J connectivity index is 0.00000196. The summed E-state index contributed by atoms with van der Waals surface area (Å²) in [7, 11) is -3.64. The maximum Gasteiger partial charge on any atom is 0.245 e. The first kappa shape index (κ1) is 19.4. The third kappa shape index (κ3) is 3.44. The SMILES string of the molecule is Cl.O=C(C1CCNC1)N1CCN(S(=O)(=O)c2cccc3c2N=S=N3)CC1. The van der Waals surface area contributed by atoms with Gasteiger partial charge in [0, 0.05) is 32.7 Å². The molecule has 1 aromatic rings. The molecule has 0 aromatic heterocycles. The summed E-state index contributed by atoms with van der Waals surface area (Å²) in [4.78, 5) is 14.4. The van der Waals surface area contributed by atoms with Gasteiger partial charge in [0.2, 0.25) is 15.9 Å². The second kappa shape index (κ2) is 7.73. The number of piperazine rings is 1. The molecular weight excluding hydrogens is 398 g/mol. The van der Waals surface area contributed by atoms with Crippen molar-refractivity contribution in [3.63, 3.8) is 0 Å². The first-order valence-corrected chi connectivity index (χ1v) is 10.5. The van der Waals surface area contributed by atoms with Crippen molar-refractivity contribution in [2.45, 2.75) is 11.3 Å². The summed E-state index contributed by atoms with van der Waals surface area (Å²) in [6.07, 6.45) is 0.857. The molecule has 1 aromatic carbocycles. The van der Waals surface area contributed by atoms with Crippen LogP contribution in [-0.2, 0) is 26.2 Å². The Labute approximate surface area is 162 Å². The lowest BCUT2D eigenvalue weighted by Crippen LogP contribution is -2.52. The minimum Gasteiger partial charge on any atom is -0.340 e. The van der Waals surface area contributed by atoms with Gasteiger partial charge in [0.05, 0.1) is 17.3 Å². The molecular formula is C15H20ClN5O3S2. The predicted molar refractivity (Wildman–Crippen MR) is 102 cm³/mol. The van der Waals surface area contributed by atoms with Crippen molar-refractivity contribution >= 4 is 51.1 Å². The number of amides is 1. The topological polar surface area (TPSA) is 94.4 Å². The number of hydrogen-bond donors (Lipinski definition) is 1. The van der Waals surface area contributed by atoms with Crippen LogP contribution in [-0.4, -0.2) is 62.8 Å². The number of sulfonamides is 1. The van der Waals surface area contributed by atoms with Gasteiger partial charge in [-0.25, -0.2) is 8.42 Å². The van der Waals surface area contributed by atoms with Crippen LogP contribution in [0.25, 0.3) is 0 Å². The Morgan fingerprint density at radius 1 is 1.19 bits per heavy atom. The maximum absolute atomic E-state index is 13.0. The fourth-order valence-corrected chi connectivity index (χ4v) is 5.58. The van der Waals surface area contributed by atoms with E-state index in [-0.39, 0.29) is 29.1 Å². The molecule has 1 N–H and O–H groups in total. The molecule has 3 heterocycles. The summed E-state index contributed by atoms with van der Waals surface area (Å²) in [5.41, 5.74) is 1.01. The summed E-state index contributed by atoms with van der Waals surface area (Å²) in [6.45, 7) is 3.07. The maximum atomic E-state index is 13.0. The number of hydrogen-bond acceptors (Lipinski definition) is 6. The van der Waals surface area contributed by atoms with Crippen LogP contribution in [0.5, 0.6) is 0 Å². The van der Waals surface area contributed by atoms with E-state index in [9.17, 15) is 13.2 Å². The summed E-state index contributed by atoms with van der Waals surface area (Å²) in [6, 6.07) is 5.01. The molecule has 3 aliphatic rings. The van der Waals surface area contributed by atoms with Crippen molar-refractivity contribution < 1.29 is 13.2 Å². The van der Waals surface area contributed by atoms with Gasteiger partial charge in [0.15, 0.2) is 0 Å². The normalized spacial score (nSPS) is 22.6. The molecule has 11 heteroatoms. The zero-order valence-electron chi connectivity index (χ0n) is 14.0. The van der Waals surface area contributed by atoms with Crippen molar-refractivity contribution in [1.82, 2.24) is 14.5 Å². The van der Waals surface area contributed by atoms with Gasteiger partial charge in [-0.1, -0.05) is 6.07 Å². The van der Waals surface area contributed by atoms with E-state index in [4.69, 9.17) is 0 Å². The fraction of sp³-hybridized carbons (Fsp3) is 0.533. The van der Waals surface area contributed by atoms with Gasteiger partial charge in [0.25, 0.3) is 0 Å². The number of rotatable bonds is 3. The molecule has 2 saturated heterocycles. The van der Waals surface area contributed by atoms with E-state index in [1.807, 2.05) is 0 Å². The average molecular weight is 418 g/mol. The van der Waals surface area contributed by atoms with Crippen LogP contribution in [0, 0.1) is 5.92 Å². The Morgan fingerprint density at radius 3 is 2.65 bits per heavy atom. The van der Waals surface area contributed by atoms with Gasteiger partial charge >= 0.3 is 0 Å². The number of carbonyl (C=O) groups excluding carboxylic acids is 1. The Kier molecular flexibility index (Phi) is 5.78. The van der Waals surface area contributed by atoms with E-state index in [1.165, 1.54) is 4.31 Å². The smallest absolute Gasteiger partial charge is 0.245 e. The molecule has 2 fully saturated rings. The minimum atomic E-state index is -3.64. The Bertz CT molecular complexity index is 871. The highest BCUT2D eigenvalue weighted by atomic mass is 35.5. The molecule has 4 rings (SSSR count). The van der Waals surface area contributed by atoms with E-state index in [2.05, 4.69) is 14.0 Å². The van der Waals surface area contributed by atoms with Crippen molar-refractivity contribution in [1.29, 1.82) is 0 Å². The van der Waals surface area contributed by atoms with Gasteiger partial charge < -0.3 is 10.2 Å². The largest absolute Gasteiger partial charge is 0.340 e. The van der Waals surface area contributed by atoms with Crippen molar-refractivity contribution in [3.8, 4) is 0 Å². The summed E-state index contributed by atoms with van der Waals surface area (Å²) >= 11 is 1.01. The van der Waals surface area contributed by atoms with Crippen LogP contribution in [0.4, 0.5) is 11.4 Å². The first-order valence-electron chi connectivity index (χ1n) is 8.28. The predicted octanol–water partition coefficient (Wildman–Crippen LogP) is 1.28. The summed E-state index contributed by atoms with van der Waals surface area (Å²) < 4.78 is 35.6. The molecule has 142 valence electrons. The van der Waals surface area contributed by atoms with E-state index >= 15 is 0 Å². The van der Waals surface area contributed by atoms with Gasteiger partial charge in [-0.05, 0) is 25.1 Å². The standard InChI is InChI=1S/C15H19N5O3S2.ClH/c21-15(11-4-5-16-10-11)19-6-8-20(9-7-19)25(22,23)13-3-1-2-12-14(13)18-24-17-12;/h1-3,11,16H,4-10H2;1H. The number of halogens is 1. The molecule has 0 bridgehead atoms. The van der Waals surface area contributed by atoms with E-state index in [0.717, 1.165) is 30.9 Å². The molecule has 0 aliphatic carbocycles. The lowest BCUT2D eigenvalue weighted by atomic mass is 10.1. The monoisotopic (exact) mass is 417 g/mol. The lowest BCUT2D eigenvalue weighted by Gasteiger charge is -2.35. The molecule has 0 radical (unpaired) electrons. The first-order chi connectivity index (χ1) is 12.1. The number of fused-ring (bicyclic) bond motifs is 1. The second-order valence-electron chi connectivity index (χ2n) is 6.31. The molecule has 3 aliphatic heterocycles. The second-order valence-corrected chi connectivity index (χ2v) is 8.74. The minimum absolute atomic E-state index is 0. The van der Waals surface area contributed by atoms with Crippen LogP contribution < -0.4 is 5.32 Å². The lowest BCUT2D eigenvalue weighted by molar-refractivity contribution is -0.136. The van der Waals surface area contributed by atoms with Crippen LogP contribution in [0.15, 0.2) is 31.8 Å². The highest BCUT2D eigenvalue weighted by Crippen LogP contribution is 2.38. The van der Waals surface area contributed by atoms with E-state index in [0.29, 0.717) is 37.6 Å². The third-order valence-electron chi connectivity index (χ3n) is 4.83. The van der Waals surface area contributed by atoms with Crippen LogP contribution in [0.3, 0.4) is 0 Å². The third-order valence-corrected chi connectivity index (χ3v) is 7.30.